The molecule has 0 heterocycles. The summed E-state index contributed by atoms with van der Waals surface area (Å²) in [6.45, 7) is 6.12. The summed E-state index contributed by atoms with van der Waals surface area (Å²) in [5.74, 6) is -0.262. The van der Waals surface area contributed by atoms with Crippen LogP contribution >= 0.6 is 15.9 Å². The second-order valence-corrected chi connectivity index (χ2v) is 5.37. The lowest BCUT2D eigenvalue weighted by Gasteiger charge is -2.27. The van der Waals surface area contributed by atoms with E-state index in [9.17, 15) is 4.39 Å². The summed E-state index contributed by atoms with van der Waals surface area (Å²) in [6.07, 6.45) is 0. The molecule has 14 heavy (non-hydrogen) atoms. The maximum atomic E-state index is 13.2. The molecule has 0 aromatic heterocycles. The molecule has 1 aromatic carbocycles. The molecule has 1 aromatic rings. The van der Waals surface area contributed by atoms with Gasteiger partial charge in [0.15, 0.2) is 0 Å². The molecule has 0 spiro atoms. The van der Waals surface area contributed by atoms with E-state index >= 15 is 0 Å². The first-order chi connectivity index (χ1) is 6.32. The summed E-state index contributed by atoms with van der Waals surface area (Å²) in [6, 6.07) is 4.88. The van der Waals surface area contributed by atoms with Gasteiger partial charge < -0.3 is 5.73 Å². The predicted molar refractivity (Wildman–Crippen MR) is 60.5 cm³/mol. The molecular formula is C11H15BrFN. The lowest BCUT2D eigenvalue weighted by Crippen LogP contribution is -2.26. The number of hydrogen-bond donors (Lipinski definition) is 1. The van der Waals surface area contributed by atoms with Crippen LogP contribution in [-0.2, 0) is 0 Å². The van der Waals surface area contributed by atoms with Crippen molar-refractivity contribution >= 4 is 15.9 Å². The highest BCUT2D eigenvalue weighted by Crippen LogP contribution is 2.31. The van der Waals surface area contributed by atoms with Crippen molar-refractivity contribution in [3.8, 4) is 0 Å². The van der Waals surface area contributed by atoms with Crippen molar-refractivity contribution in [1.29, 1.82) is 0 Å². The smallest absolute Gasteiger partial charge is 0.137 e. The van der Waals surface area contributed by atoms with E-state index in [1.807, 2.05) is 26.8 Å². The van der Waals surface area contributed by atoms with Gasteiger partial charge in [0.1, 0.15) is 5.82 Å². The molecule has 0 aliphatic rings. The van der Waals surface area contributed by atoms with Crippen LogP contribution in [0.1, 0.15) is 32.4 Å². The molecule has 2 N–H and O–H groups in total. The fourth-order valence-corrected chi connectivity index (χ4v) is 1.45. The third-order valence-corrected chi connectivity index (χ3v) is 2.88. The molecule has 1 rings (SSSR count). The van der Waals surface area contributed by atoms with Gasteiger partial charge in [0, 0.05) is 6.04 Å². The van der Waals surface area contributed by atoms with Crippen molar-refractivity contribution in [2.24, 2.45) is 11.1 Å². The van der Waals surface area contributed by atoms with Crippen LogP contribution in [0.5, 0.6) is 0 Å². The van der Waals surface area contributed by atoms with Crippen molar-refractivity contribution < 1.29 is 4.39 Å². The molecule has 0 radical (unpaired) electrons. The van der Waals surface area contributed by atoms with E-state index in [0.717, 1.165) is 5.56 Å². The highest BCUT2D eigenvalue weighted by atomic mass is 79.9. The van der Waals surface area contributed by atoms with Gasteiger partial charge in [-0.1, -0.05) is 26.8 Å². The molecule has 1 unspecified atom stereocenters. The van der Waals surface area contributed by atoms with E-state index < -0.39 is 0 Å². The third kappa shape index (κ3) is 2.55. The van der Waals surface area contributed by atoms with Gasteiger partial charge in [0.05, 0.1) is 4.47 Å². The first-order valence-electron chi connectivity index (χ1n) is 4.53. The topological polar surface area (TPSA) is 26.0 Å². The molecule has 1 nitrogen and oxygen atoms in total. The SMILES string of the molecule is CC(C)(C)C(N)c1ccc(Br)c(F)c1. The van der Waals surface area contributed by atoms with Crippen LogP contribution in [0.4, 0.5) is 4.39 Å². The van der Waals surface area contributed by atoms with E-state index in [0.29, 0.717) is 4.47 Å². The minimum Gasteiger partial charge on any atom is -0.324 e. The molecule has 0 aliphatic carbocycles. The number of nitrogens with two attached hydrogens (primary N) is 1. The average molecular weight is 260 g/mol. The van der Waals surface area contributed by atoms with Crippen LogP contribution in [0.3, 0.4) is 0 Å². The Morgan fingerprint density at radius 2 is 1.93 bits per heavy atom. The van der Waals surface area contributed by atoms with E-state index in [1.165, 1.54) is 6.07 Å². The molecular weight excluding hydrogens is 245 g/mol. The predicted octanol–water partition coefficient (Wildman–Crippen LogP) is 3.63. The minimum atomic E-state index is -0.262. The van der Waals surface area contributed by atoms with Gasteiger partial charge in [-0.15, -0.1) is 0 Å². The Morgan fingerprint density at radius 1 is 1.36 bits per heavy atom. The van der Waals surface area contributed by atoms with Crippen molar-refractivity contribution in [1.82, 2.24) is 0 Å². The minimum absolute atomic E-state index is 0.0553. The van der Waals surface area contributed by atoms with E-state index in [2.05, 4.69) is 15.9 Å². The maximum Gasteiger partial charge on any atom is 0.137 e. The summed E-state index contributed by atoms with van der Waals surface area (Å²) in [7, 11) is 0. The Balaban J connectivity index is 3.03. The molecule has 0 fully saturated rings. The number of benzene rings is 1. The van der Waals surface area contributed by atoms with Crippen molar-refractivity contribution in [2.75, 3.05) is 0 Å². The van der Waals surface area contributed by atoms with Crippen LogP contribution < -0.4 is 5.73 Å². The van der Waals surface area contributed by atoms with Crippen molar-refractivity contribution in [3.63, 3.8) is 0 Å². The van der Waals surface area contributed by atoms with E-state index in [-0.39, 0.29) is 17.3 Å². The lowest BCUT2D eigenvalue weighted by atomic mass is 9.83. The summed E-state index contributed by atoms with van der Waals surface area (Å²) >= 11 is 3.11. The molecule has 0 saturated carbocycles. The fourth-order valence-electron chi connectivity index (χ4n) is 1.21. The van der Waals surface area contributed by atoms with Crippen LogP contribution in [0.15, 0.2) is 22.7 Å². The monoisotopic (exact) mass is 259 g/mol. The first kappa shape index (κ1) is 11.7. The maximum absolute atomic E-state index is 13.2. The van der Waals surface area contributed by atoms with Crippen LogP contribution in [0.25, 0.3) is 0 Å². The normalized spacial score (nSPS) is 14.1. The highest BCUT2D eigenvalue weighted by Gasteiger charge is 2.22. The summed E-state index contributed by atoms with van der Waals surface area (Å²) < 4.78 is 13.7. The molecule has 0 saturated heterocycles. The van der Waals surface area contributed by atoms with Gasteiger partial charge in [-0.2, -0.15) is 0 Å². The summed E-state index contributed by atoms with van der Waals surface area (Å²) in [5, 5.41) is 0. The summed E-state index contributed by atoms with van der Waals surface area (Å²) in [5.41, 5.74) is 6.79. The van der Waals surface area contributed by atoms with Crippen molar-refractivity contribution in [2.45, 2.75) is 26.8 Å². The molecule has 1 atom stereocenters. The molecule has 0 amide bonds. The fraction of sp³-hybridized carbons (Fsp3) is 0.455. The standard InChI is InChI=1S/C11H15BrFN/c1-11(2,3)10(14)7-4-5-8(12)9(13)6-7/h4-6,10H,14H2,1-3H3. The van der Waals surface area contributed by atoms with E-state index in [1.54, 1.807) is 6.07 Å². The third-order valence-electron chi connectivity index (χ3n) is 2.24. The second-order valence-electron chi connectivity index (χ2n) is 4.52. The van der Waals surface area contributed by atoms with Crippen LogP contribution in [0, 0.1) is 11.2 Å². The first-order valence-corrected chi connectivity index (χ1v) is 5.32. The molecule has 0 aliphatic heterocycles. The zero-order valence-corrected chi connectivity index (χ0v) is 10.2. The molecule has 3 heteroatoms. The zero-order chi connectivity index (χ0) is 10.9. The Hall–Kier alpha value is -0.410. The Bertz CT molecular complexity index is 331. The number of hydrogen-bond acceptors (Lipinski definition) is 1. The van der Waals surface area contributed by atoms with Crippen LogP contribution in [0.2, 0.25) is 0 Å². The van der Waals surface area contributed by atoms with Gasteiger partial charge in [0.25, 0.3) is 0 Å². The van der Waals surface area contributed by atoms with Crippen LogP contribution in [-0.4, -0.2) is 0 Å². The quantitative estimate of drug-likeness (QED) is 0.819. The van der Waals surface area contributed by atoms with Gasteiger partial charge >= 0.3 is 0 Å². The molecule has 78 valence electrons. The molecule has 0 bridgehead atoms. The Kier molecular flexibility index (Phi) is 3.32. The number of halogens is 2. The average Bonchev–Trinajstić information content (AvgIpc) is 2.07. The van der Waals surface area contributed by atoms with Gasteiger partial charge in [-0.3, -0.25) is 0 Å². The van der Waals surface area contributed by atoms with E-state index in [4.69, 9.17) is 5.73 Å². The zero-order valence-electron chi connectivity index (χ0n) is 8.64. The lowest BCUT2D eigenvalue weighted by molar-refractivity contribution is 0.326. The van der Waals surface area contributed by atoms with Gasteiger partial charge in [0.2, 0.25) is 0 Å². The van der Waals surface area contributed by atoms with Gasteiger partial charge in [-0.25, -0.2) is 4.39 Å². The van der Waals surface area contributed by atoms with Crippen molar-refractivity contribution in [3.05, 3.63) is 34.1 Å². The van der Waals surface area contributed by atoms with Gasteiger partial charge in [-0.05, 0) is 39.0 Å². The highest BCUT2D eigenvalue weighted by molar-refractivity contribution is 9.10. The largest absolute Gasteiger partial charge is 0.324 e. The summed E-state index contributed by atoms with van der Waals surface area (Å²) in [4.78, 5) is 0. The Labute approximate surface area is 92.6 Å². The number of rotatable bonds is 1. The Morgan fingerprint density at radius 3 is 2.36 bits per heavy atom. The second kappa shape index (κ2) is 3.99.